The van der Waals surface area contributed by atoms with Crippen LogP contribution in [0.1, 0.15) is 22.9 Å². The van der Waals surface area contributed by atoms with E-state index in [9.17, 15) is 0 Å². The molecule has 1 atom stereocenters. The van der Waals surface area contributed by atoms with Gasteiger partial charge in [0.05, 0.1) is 12.2 Å². The smallest absolute Gasteiger partial charge is 0.0749 e. The maximum absolute atomic E-state index is 5.80. The highest BCUT2D eigenvalue weighted by Crippen LogP contribution is 2.29. The van der Waals surface area contributed by atoms with E-state index in [0.29, 0.717) is 0 Å². The van der Waals surface area contributed by atoms with Crippen molar-refractivity contribution < 1.29 is 0 Å². The van der Waals surface area contributed by atoms with Crippen molar-refractivity contribution in [2.75, 3.05) is 0 Å². The summed E-state index contributed by atoms with van der Waals surface area (Å²) in [4.78, 5) is 4.22. The van der Waals surface area contributed by atoms with Gasteiger partial charge in [0.2, 0.25) is 0 Å². The van der Waals surface area contributed by atoms with Gasteiger partial charge in [0.15, 0.2) is 0 Å². The van der Waals surface area contributed by atoms with Crippen LogP contribution < -0.4 is 11.3 Å². The van der Waals surface area contributed by atoms with E-state index in [1.165, 1.54) is 0 Å². The van der Waals surface area contributed by atoms with Gasteiger partial charge in [-0.25, -0.2) is 5.43 Å². The maximum atomic E-state index is 5.80. The molecule has 0 saturated carbocycles. The van der Waals surface area contributed by atoms with E-state index in [0.717, 1.165) is 27.6 Å². The average molecular weight is 267 g/mol. The molecule has 5 nitrogen and oxygen atoms in total. The monoisotopic (exact) mass is 267 g/mol. The number of aryl methyl sites for hydroxylation is 1. The van der Waals surface area contributed by atoms with Crippen molar-refractivity contribution in [2.24, 2.45) is 12.9 Å². The Hall–Kier alpha value is -2.24. The summed E-state index contributed by atoms with van der Waals surface area (Å²) in [5.41, 5.74) is 6.17. The van der Waals surface area contributed by atoms with Crippen molar-refractivity contribution in [3.8, 4) is 0 Å². The van der Waals surface area contributed by atoms with Crippen molar-refractivity contribution in [3.63, 3.8) is 0 Å². The number of nitrogens with one attached hydrogen (secondary N) is 1. The summed E-state index contributed by atoms with van der Waals surface area (Å²) in [5, 5.41) is 6.55. The van der Waals surface area contributed by atoms with Crippen LogP contribution in [0.15, 0.2) is 42.9 Å². The lowest BCUT2D eigenvalue weighted by molar-refractivity contribution is 0.634. The summed E-state index contributed by atoms with van der Waals surface area (Å²) in [6.07, 6.45) is 5.53. The summed E-state index contributed by atoms with van der Waals surface area (Å²) in [5.74, 6) is 5.80. The van der Waals surface area contributed by atoms with E-state index in [2.05, 4.69) is 27.6 Å². The Morgan fingerprint density at radius 2 is 2.05 bits per heavy atom. The number of rotatable bonds is 3. The predicted octanol–water partition coefficient (Wildman–Crippen LogP) is 1.83. The lowest BCUT2D eigenvalue weighted by atomic mass is 9.95. The molecular weight excluding hydrogens is 250 g/mol. The number of nitrogens with zero attached hydrogens (tertiary/aromatic N) is 3. The molecule has 3 rings (SSSR count). The average Bonchev–Trinajstić information content (AvgIpc) is 2.81. The van der Waals surface area contributed by atoms with Crippen LogP contribution in [0.4, 0.5) is 0 Å². The van der Waals surface area contributed by atoms with Crippen molar-refractivity contribution in [3.05, 3.63) is 59.7 Å². The van der Waals surface area contributed by atoms with E-state index in [4.69, 9.17) is 5.84 Å². The van der Waals surface area contributed by atoms with Gasteiger partial charge >= 0.3 is 0 Å². The quantitative estimate of drug-likeness (QED) is 0.561. The third-order valence-corrected chi connectivity index (χ3v) is 3.78. The largest absolute Gasteiger partial charge is 0.273 e. The van der Waals surface area contributed by atoms with Crippen molar-refractivity contribution in [2.45, 2.75) is 13.0 Å². The molecule has 102 valence electrons. The third-order valence-electron chi connectivity index (χ3n) is 3.78. The Kier molecular flexibility index (Phi) is 3.22. The molecular formula is C15H17N5. The summed E-state index contributed by atoms with van der Waals surface area (Å²) >= 11 is 0. The first-order valence-corrected chi connectivity index (χ1v) is 6.49. The van der Waals surface area contributed by atoms with E-state index < -0.39 is 0 Å². The second-order valence-electron chi connectivity index (χ2n) is 4.85. The number of hydrogen-bond acceptors (Lipinski definition) is 4. The minimum absolute atomic E-state index is 0.100. The second kappa shape index (κ2) is 5.03. The molecule has 0 aliphatic carbocycles. The van der Waals surface area contributed by atoms with Crippen LogP contribution in [-0.4, -0.2) is 14.8 Å². The maximum Gasteiger partial charge on any atom is 0.0749 e. The first kappa shape index (κ1) is 12.8. The fraction of sp³-hybridized carbons (Fsp3) is 0.200. The van der Waals surface area contributed by atoms with E-state index in [1.807, 2.05) is 43.2 Å². The van der Waals surface area contributed by atoms with Crippen LogP contribution in [0.5, 0.6) is 0 Å². The molecule has 0 amide bonds. The Bertz CT molecular complexity index is 742. The molecule has 2 heterocycles. The van der Waals surface area contributed by atoms with Crippen molar-refractivity contribution >= 4 is 10.8 Å². The molecule has 5 heteroatoms. The van der Waals surface area contributed by atoms with Gasteiger partial charge in [0.1, 0.15) is 0 Å². The van der Waals surface area contributed by atoms with Crippen molar-refractivity contribution in [1.82, 2.24) is 20.2 Å². The fourth-order valence-corrected chi connectivity index (χ4v) is 2.53. The SMILES string of the molecule is Cc1c(C(NN)c2cccc3ccncc23)cnn1C. The van der Waals surface area contributed by atoms with Gasteiger partial charge in [-0.05, 0) is 23.9 Å². The van der Waals surface area contributed by atoms with Crippen LogP contribution in [0.2, 0.25) is 0 Å². The highest BCUT2D eigenvalue weighted by molar-refractivity contribution is 5.85. The Morgan fingerprint density at radius 1 is 1.20 bits per heavy atom. The molecule has 0 fully saturated rings. The Labute approximate surface area is 117 Å². The van der Waals surface area contributed by atoms with Gasteiger partial charge in [-0.3, -0.25) is 15.5 Å². The minimum Gasteiger partial charge on any atom is -0.273 e. The standard InChI is InChI=1S/C15H17N5/c1-10-13(9-18-20(10)2)15(19-16)12-5-3-4-11-6-7-17-8-14(11)12/h3-9,15,19H,16H2,1-2H3. The minimum atomic E-state index is -0.100. The summed E-state index contributed by atoms with van der Waals surface area (Å²) in [6, 6.07) is 8.08. The zero-order valence-corrected chi connectivity index (χ0v) is 11.5. The third kappa shape index (κ3) is 1.97. The molecule has 0 aliphatic heterocycles. The molecule has 1 aromatic carbocycles. The molecule has 0 saturated heterocycles. The van der Waals surface area contributed by atoms with Crippen LogP contribution in [0.3, 0.4) is 0 Å². The molecule has 0 aliphatic rings. The molecule has 0 spiro atoms. The Morgan fingerprint density at radius 3 is 2.75 bits per heavy atom. The van der Waals surface area contributed by atoms with Gasteiger partial charge in [-0.2, -0.15) is 5.10 Å². The van der Waals surface area contributed by atoms with E-state index in [1.54, 1.807) is 6.20 Å². The molecule has 3 aromatic rings. The van der Waals surface area contributed by atoms with Gasteiger partial charge < -0.3 is 0 Å². The topological polar surface area (TPSA) is 68.8 Å². The number of pyridine rings is 1. The van der Waals surface area contributed by atoms with Gasteiger partial charge in [0.25, 0.3) is 0 Å². The highest BCUT2D eigenvalue weighted by atomic mass is 15.3. The lowest BCUT2D eigenvalue weighted by Crippen LogP contribution is -2.29. The highest BCUT2D eigenvalue weighted by Gasteiger charge is 2.19. The number of fused-ring (bicyclic) bond motifs is 1. The van der Waals surface area contributed by atoms with Gasteiger partial charge in [-0.1, -0.05) is 18.2 Å². The fourth-order valence-electron chi connectivity index (χ4n) is 2.53. The predicted molar refractivity (Wildman–Crippen MR) is 78.9 cm³/mol. The second-order valence-corrected chi connectivity index (χ2v) is 4.85. The molecule has 1 unspecified atom stereocenters. The molecule has 2 aromatic heterocycles. The zero-order valence-electron chi connectivity index (χ0n) is 11.5. The molecule has 20 heavy (non-hydrogen) atoms. The van der Waals surface area contributed by atoms with E-state index >= 15 is 0 Å². The molecule has 0 bridgehead atoms. The first-order chi connectivity index (χ1) is 9.72. The number of aromatic nitrogens is 3. The number of benzene rings is 1. The van der Waals surface area contributed by atoms with Crippen LogP contribution in [-0.2, 0) is 7.05 Å². The van der Waals surface area contributed by atoms with Gasteiger partial charge in [-0.15, -0.1) is 0 Å². The van der Waals surface area contributed by atoms with Crippen LogP contribution >= 0.6 is 0 Å². The first-order valence-electron chi connectivity index (χ1n) is 6.49. The summed E-state index contributed by atoms with van der Waals surface area (Å²) in [7, 11) is 1.93. The van der Waals surface area contributed by atoms with Crippen molar-refractivity contribution in [1.29, 1.82) is 0 Å². The molecule has 0 radical (unpaired) electrons. The normalized spacial score (nSPS) is 12.8. The van der Waals surface area contributed by atoms with Crippen LogP contribution in [0, 0.1) is 6.92 Å². The number of hydrazine groups is 1. The zero-order chi connectivity index (χ0) is 14.1. The Balaban J connectivity index is 2.19. The number of hydrogen-bond donors (Lipinski definition) is 2. The van der Waals surface area contributed by atoms with E-state index in [-0.39, 0.29) is 6.04 Å². The summed E-state index contributed by atoms with van der Waals surface area (Å²) < 4.78 is 1.85. The molecule has 3 N–H and O–H groups in total. The lowest BCUT2D eigenvalue weighted by Gasteiger charge is -2.18. The number of nitrogens with two attached hydrogens (primary N) is 1. The van der Waals surface area contributed by atoms with Crippen LogP contribution in [0.25, 0.3) is 10.8 Å². The van der Waals surface area contributed by atoms with Gasteiger partial charge in [0, 0.05) is 36.1 Å². The summed E-state index contributed by atoms with van der Waals surface area (Å²) in [6.45, 7) is 2.04.